The van der Waals surface area contributed by atoms with Crippen LogP contribution in [-0.2, 0) is 9.59 Å². The van der Waals surface area contributed by atoms with Crippen molar-refractivity contribution in [3.8, 4) is 0 Å². The summed E-state index contributed by atoms with van der Waals surface area (Å²) in [6.07, 6.45) is 3.84. The Labute approximate surface area is 102 Å². The summed E-state index contributed by atoms with van der Waals surface area (Å²) >= 11 is 0. The molecule has 98 valence electrons. The van der Waals surface area contributed by atoms with Gasteiger partial charge in [0.15, 0.2) is 0 Å². The van der Waals surface area contributed by atoms with Crippen LogP contribution < -0.4 is 0 Å². The first-order valence-electron chi connectivity index (χ1n) is 6.48. The van der Waals surface area contributed by atoms with Crippen LogP contribution in [0.25, 0.3) is 0 Å². The van der Waals surface area contributed by atoms with Gasteiger partial charge in [-0.1, -0.05) is 26.7 Å². The molecule has 2 N–H and O–H groups in total. The lowest BCUT2D eigenvalue weighted by molar-refractivity contribution is -0.155. The summed E-state index contributed by atoms with van der Waals surface area (Å²) in [5.74, 6) is -2.67. The highest BCUT2D eigenvalue weighted by atomic mass is 16.4. The van der Waals surface area contributed by atoms with Gasteiger partial charge in [-0.05, 0) is 31.1 Å². The highest BCUT2D eigenvalue weighted by molar-refractivity contribution is 5.75. The predicted molar refractivity (Wildman–Crippen MR) is 63.7 cm³/mol. The van der Waals surface area contributed by atoms with Gasteiger partial charge >= 0.3 is 11.9 Å². The summed E-state index contributed by atoms with van der Waals surface area (Å²) in [5, 5.41) is 18.5. The second kappa shape index (κ2) is 6.03. The quantitative estimate of drug-likeness (QED) is 0.777. The summed E-state index contributed by atoms with van der Waals surface area (Å²) in [6, 6.07) is 0. The Hall–Kier alpha value is -1.06. The van der Waals surface area contributed by atoms with Crippen LogP contribution in [0, 0.1) is 23.7 Å². The standard InChI is InChI=1S/C13H22O4/c1-3-5-8-6-7-10(12(14)15)9(4-2)11(8)13(16)17/h8-11H,3-7H2,1-2H3,(H,14,15)(H,16,17). The van der Waals surface area contributed by atoms with E-state index in [1.54, 1.807) is 0 Å². The molecule has 0 aromatic carbocycles. The Morgan fingerprint density at radius 3 is 2.18 bits per heavy atom. The van der Waals surface area contributed by atoms with Crippen molar-refractivity contribution in [1.82, 2.24) is 0 Å². The minimum Gasteiger partial charge on any atom is -0.481 e. The molecule has 0 bridgehead atoms. The Balaban J connectivity index is 2.91. The average molecular weight is 242 g/mol. The van der Waals surface area contributed by atoms with Gasteiger partial charge in [0, 0.05) is 0 Å². The third kappa shape index (κ3) is 2.99. The molecule has 1 aliphatic rings. The third-order valence-corrected chi connectivity index (χ3v) is 4.07. The van der Waals surface area contributed by atoms with Crippen molar-refractivity contribution in [2.24, 2.45) is 23.7 Å². The maximum Gasteiger partial charge on any atom is 0.307 e. The molecule has 4 heteroatoms. The van der Waals surface area contributed by atoms with Gasteiger partial charge in [-0.2, -0.15) is 0 Å². The van der Waals surface area contributed by atoms with E-state index in [2.05, 4.69) is 0 Å². The summed E-state index contributed by atoms with van der Waals surface area (Å²) < 4.78 is 0. The molecule has 0 aromatic rings. The molecule has 0 spiro atoms. The average Bonchev–Trinajstić information content (AvgIpc) is 2.27. The summed E-state index contributed by atoms with van der Waals surface area (Å²) in [7, 11) is 0. The van der Waals surface area contributed by atoms with Crippen LogP contribution in [0.15, 0.2) is 0 Å². The van der Waals surface area contributed by atoms with Crippen molar-refractivity contribution < 1.29 is 19.8 Å². The molecular formula is C13H22O4. The largest absolute Gasteiger partial charge is 0.481 e. The molecule has 1 fully saturated rings. The molecule has 1 saturated carbocycles. The van der Waals surface area contributed by atoms with Crippen molar-refractivity contribution in [3.05, 3.63) is 0 Å². The van der Waals surface area contributed by atoms with Crippen LogP contribution in [0.3, 0.4) is 0 Å². The van der Waals surface area contributed by atoms with Gasteiger partial charge in [0.2, 0.25) is 0 Å². The van der Waals surface area contributed by atoms with E-state index in [1.165, 1.54) is 0 Å². The maximum atomic E-state index is 11.4. The molecule has 0 heterocycles. The first-order chi connectivity index (χ1) is 8.02. The fraction of sp³-hybridized carbons (Fsp3) is 0.846. The van der Waals surface area contributed by atoms with Crippen LogP contribution >= 0.6 is 0 Å². The molecule has 0 amide bonds. The highest BCUT2D eigenvalue weighted by Crippen LogP contribution is 2.42. The van der Waals surface area contributed by atoms with E-state index in [0.717, 1.165) is 19.3 Å². The van der Waals surface area contributed by atoms with Crippen LogP contribution in [0.4, 0.5) is 0 Å². The molecule has 0 saturated heterocycles. The Bertz CT molecular complexity index is 287. The van der Waals surface area contributed by atoms with Crippen LogP contribution in [0.1, 0.15) is 46.0 Å². The monoisotopic (exact) mass is 242 g/mol. The van der Waals surface area contributed by atoms with Gasteiger partial charge < -0.3 is 10.2 Å². The number of aliphatic carboxylic acids is 2. The highest BCUT2D eigenvalue weighted by Gasteiger charge is 2.44. The smallest absolute Gasteiger partial charge is 0.307 e. The lowest BCUT2D eigenvalue weighted by atomic mass is 9.64. The first-order valence-corrected chi connectivity index (χ1v) is 6.48. The normalized spacial score (nSPS) is 33.3. The molecule has 1 rings (SSSR count). The van der Waals surface area contributed by atoms with Crippen molar-refractivity contribution in [1.29, 1.82) is 0 Å². The molecular weight excluding hydrogens is 220 g/mol. The van der Waals surface area contributed by atoms with E-state index in [0.29, 0.717) is 12.8 Å². The van der Waals surface area contributed by atoms with E-state index >= 15 is 0 Å². The fourth-order valence-corrected chi connectivity index (χ4v) is 3.31. The molecule has 0 aliphatic heterocycles. The Kier molecular flexibility index (Phi) is 4.97. The fourth-order valence-electron chi connectivity index (χ4n) is 3.31. The SMILES string of the molecule is CCCC1CCC(C(=O)O)C(CC)C1C(=O)O. The van der Waals surface area contributed by atoms with Crippen molar-refractivity contribution in [2.45, 2.75) is 46.0 Å². The number of hydrogen-bond donors (Lipinski definition) is 2. The zero-order chi connectivity index (χ0) is 13.0. The van der Waals surface area contributed by atoms with Crippen molar-refractivity contribution in [3.63, 3.8) is 0 Å². The number of hydrogen-bond acceptors (Lipinski definition) is 2. The molecule has 4 atom stereocenters. The van der Waals surface area contributed by atoms with E-state index < -0.39 is 23.8 Å². The Morgan fingerprint density at radius 2 is 1.76 bits per heavy atom. The van der Waals surface area contributed by atoms with Gasteiger partial charge in [-0.25, -0.2) is 0 Å². The van der Waals surface area contributed by atoms with Gasteiger partial charge in [-0.3, -0.25) is 9.59 Å². The second-order valence-corrected chi connectivity index (χ2v) is 5.01. The maximum absolute atomic E-state index is 11.4. The summed E-state index contributed by atoms with van der Waals surface area (Å²) in [4.78, 5) is 22.5. The van der Waals surface area contributed by atoms with E-state index in [4.69, 9.17) is 5.11 Å². The van der Waals surface area contributed by atoms with E-state index in [-0.39, 0.29) is 11.8 Å². The topological polar surface area (TPSA) is 74.6 Å². The molecule has 4 unspecified atom stereocenters. The van der Waals surface area contributed by atoms with Crippen molar-refractivity contribution >= 4 is 11.9 Å². The zero-order valence-corrected chi connectivity index (χ0v) is 10.6. The van der Waals surface area contributed by atoms with E-state index in [9.17, 15) is 14.7 Å². The molecule has 17 heavy (non-hydrogen) atoms. The lowest BCUT2D eigenvalue weighted by Gasteiger charge is -2.39. The van der Waals surface area contributed by atoms with Crippen LogP contribution in [0.2, 0.25) is 0 Å². The molecule has 0 radical (unpaired) electrons. The molecule has 1 aliphatic carbocycles. The van der Waals surface area contributed by atoms with Gasteiger partial charge in [0.25, 0.3) is 0 Å². The van der Waals surface area contributed by atoms with Crippen LogP contribution in [-0.4, -0.2) is 22.2 Å². The second-order valence-electron chi connectivity index (χ2n) is 5.01. The number of rotatable bonds is 5. The third-order valence-electron chi connectivity index (χ3n) is 4.07. The Morgan fingerprint density at radius 1 is 1.12 bits per heavy atom. The van der Waals surface area contributed by atoms with Crippen molar-refractivity contribution in [2.75, 3.05) is 0 Å². The minimum absolute atomic E-state index is 0.151. The van der Waals surface area contributed by atoms with Gasteiger partial charge in [0.05, 0.1) is 11.8 Å². The van der Waals surface area contributed by atoms with Gasteiger partial charge in [-0.15, -0.1) is 0 Å². The molecule has 4 nitrogen and oxygen atoms in total. The summed E-state index contributed by atoms with van der Waals surface area (Å²) in [5.41, 5.74) is 0. The van der Waals surface area contributed by atoms with E-state index in [1.807, 2.05) is 13.8 Å². The molecule has 0 aromatic heterocycles. The number of carboxylic acid groups (broad SMARTS) is 2. The number of carboxylic acids is 2. The predicted octanol–water partition coefficient (Wildman–Crippen LogP) is 2.62. The van der Waals surface area contributed by atoms with Crippen LogP contribution in [0.5, 0.6) is 0 Å². The lowest BCUT2D eigenvalue weighted by Crippen LogP contribution is -2.42. The minimum atomic E-state index is -0.835. The summed E-state index contributed by atoms with van der Waals surface area (Å²) in [6.45, 7) is 3.94. The van der Waals surface area contributed by atoms with Gasteiger partial charge in [0.1, 0.15) is 0 Å². The zero-order valence-electron chi connectivity index (χ0n) is 10.6. The number of carbonyl (C=O) groups is 2. The first kappa shape index (κ1) is 14.0.